The summed E-state index contributed by atoms with van der Waals surface area (Å²) in [5.41, 5.74) is 0. The molecule has 0 aliphatic heterocycles. The number of ether oxygens (including phenoxy) is 1. The summed E-state index contributed by atoms with van der Waals surface area (Å²) in [6, 6.07) is 0. The molecule has 2 bridgehead atoms. The highest BCUT2D eigenvalue weighted by atomic mass is 16.5. The number of hydrogen-bond donors (Lipinski definition) is 1. The van der Waals surface area contributed by atoms with Gasteiger partial charge < -0.3 is 9.84 Å². The molecule has 4 heteroatoms. The number of carboxylic acid groups (broad SMARTS) is 1. The van der Waals surface area contributed by atoms with E-state index in [9.17, 15) is 9.59 Å². The van der Waals surface area contributed by atoms with Crippen LogP contribution in [-0.2, 0) is 14.3 Å². The van der Waals surface area contributed by atoms with Crippen molar-refractivity contribution in [3.05, 3.63) is 12.2 Å². The van der Waals surface area contributed by atoms with E-state index in [4.69, 9.17) is 5.11 Å². The van der Waals surface area contributed by atoms with Gasteiger partial charge in [0, 0.05) is 0 Å². The molecule has 2 rings (SSSR count). The average Bonchev–Trinajstić information content (AvgIpc) is 2.74. The molecule has 76 valence electrons. The van der Waals surface area contributed by atoms with E-state index >= 15 is 0 Å². The van der Waals surface area contributed by atoms with Gasteiger partial charge in [0.1, 0.15) is 0 Å². The van der Waals surface area contributed by atoms with Gasteiger partial charge in [0.25, 0.3) is 0 Å². The molecule has 0 radical (unpaired) electrons. The fraction of sp³-hybridized carbons (Fsp3) is 0.600. The summed E-state index contributed by atoms with van der Waals surface area (Å²) in [7, 11) is 1.30. The van der Waals surface area contributed by atoms with Crippen molar-refractivity contribution in [2.45, 2.75) is 6.42 Å². The molecule has 4 nitrogen and oxygen atoms in total. The van der Waals surface area contributed by atoms with E-state index in [1.54, 1.807) is 0 Å². The van der Waals surface area contributed by atoms with Crippen molar-refractivity contribution in [2.75, 3.05) is 7.11 Å². The molecule has 2 aliphatic carbocycles. The largest absolute Gasteiger partial charge is 0.481 e. The predicted molar refractivity (Wildman–Crippen MR) is 47.4 cm³/mol. The molecule has 1 unspecified atom stereocenters. The van der Waals surface area contributed by atoms with Crippen LogP contribution in [0.4, 0.5) is 0 Å². The molecule has 1 saturated carbocycles. The molecule has 0 heterocycles. The number of fused-ring (bicyclic) bond motifs is 2. The van der Waals surface area contributed by atoms with Gasteiger partial charge in [-0.05, 0) is 18.3 Å². The maximum absolute atomic E-state index is 11.4. The lowest BCUT2D eigenvalue weighted by molar-refractivity contribution is -0.156. The van der Waals surface area contributed by atoms with E-state index in [1.807, 2.05) is 12.2 Å². The zero-order valence-corrected chi connectivity index (χ0v) is 7.84. The molecule has 4 atom stereocenters. The zero-order valence-electron chi connectivity index (χ0n) is 7.84. The minimum atomic E-state index is -0.891. The summed E-state index contributed by atoms with van der Waals surface area (Å²) in [4.78, 5) is 22.4. The normalized spacial score (nSPS) is 38.6. The predicted octanol–water partition coefficient (Wildman–Crippen LogP) is 0.682. The molecule has 0 spiro atoms. The minimum Gasteiger partial charge on any atom is -0.481 e. The summed E-state index contributed by atoms with van der Waals surface area (Å²) in [5.74, 6) is -2.27. The van der Waals surface area contributed by atoms with Crippen molar-refractivity contribution in [3.63, 3.8) is 0 Å². The number of carboxylic acids is 1. The third-order valence-electron chi connectivity index (χ3n) is 3.22. The van der Waals surface area contributed by atoms with Gasteiger partial charge >= 0.3 is 11.9 Å². The lowest BCUT2D eigenvalue weighted by atomic mass is 9.83. The molecule has 0 aromatic carbocycles. The Morgan fingerprint density at radius 3 is 2.36 bits per heavy atom. The Kier molecular flexibility index (Phi) is 2.06. The Morgan fingerprint density at radius 1 is 1.29 bits per heavy atom. The van der Waals surface area contributed by atoms with Crippen LogP contribution in [-0.4, -0.2) is 24.2 Å². The van der Waals surface area contributed by atoms with Gasteiger partial charge in [0.15, 0.2) is 0 Å². The van der Waals surface area contributed by atoms with Crippen LogP contribution < -0.4 is 0 Å². The smallest absolute Gasteiger partial charge is 0.310 e. The van der Waals surface area contributed by atoms with Crippen LogP contribution >= 0.6 is 0 Å². The van der Waals surface area contributed by atoms with Crippen LogP contribution in [0.2, 0.25) is 0 Å². The van der Waals surface area contributed by atoms with Gasteiger partial charge in [0.05, 0.1) is 18.9 Å². The first-order valence-electron chi connectivity index (χ1n) is 4.64. The summed E-state index contributed by atoms with van der Waals surface area (Å²) < 4.78 is 4.63. The average molecular weight is 196 g/mol. The van der Waals surface area contributed by atoms with E-state index in [0.717, 1.165) is 6.42 Å². The number of hydrogen-bond acceptors (Lipinski definition) is 3. The Bertz CT molecular complexity index is 307. The second-order valence-electron chi connectivity index (χ2n) is 3.86. The number of allylic oxidation sites excluding steroid dienone is 2. The molecule has 0 aromatic rings. The summed E-state index contributed by atoms with van der Waals surface area (Å²) in [6.45, 7) is 0. The maximum atomic E-state index is 11.4. The van der Waals surface area contributed by atoms with E-state index in [0.29, 0.717) is 0 Å². The first-order valence-corrected chi connectivity index (χ1v) is 4.64. The quantitative estimate of drug-likeness (QED) is 0.521. The number of methoxy groups -OCH3 is 1. The van der Waals surface area contributed by atoms with Gasteiger partial charge in [0.2, 0.25) is 0 Å². The number of carbonyl (C=O) groups excluding carboxylic acids is 1. The third-order valence-corrected chi connectivity index (χ3v) is 3.22. The molecule has 0 amide bonds. The molecule has 14 heavy (non-hydrogen) atoms. The molecule has 0 saturated heterocycles. The van der Waals surface area contributed by atoms with E-state index < -0.39 is 23.8 Å². The Labute approximate surface area is 81.6 Å². The van der Waals surface area contributed by atoms with Gasteiger partial charge in [-0.3, -0.25) is 9.59 Å². The van der Waals surface area contributed by atoms with Gasteiger partial charge in [-0.25, -0.2) is 0 Å². The van der Waals surface area contributed by atoms with Crippen LogP contribution in [0.1, 0.15) is 6.42 Å². The fourth-order valence-corrected chi connectivity index (χ4v) is 2.62. The van der Waals surface area contributed by atoms with Crippen molar-refractivity contribution in [2.24, 2.45) is 23.7 Å². The van der Waals surface area contributed by atoms with E-state index in [1.165, 1.54) is 7.11 Å². The highest BCUT2D eigenvalue weighted by Gasteiger charge is 2.52. The second kappa shape index (κ2) is 3.12. The third kappa shape index (κ3) is 1.14. The summed E-state index contributed by atoms with van der Waals surface area (Å²) in [5, 5.41) is 9.01. The number of rotatable bonds is 2. The SMILES string of the molecule is COC(=O)C1[C@@H](C(=O)O)[C@@H]2C=C[C@H]1C2. The molecule has 2 aliphatic rings. The summed E-state index contributed by atoms with van der Waals surface area (Å²) in [6.07, 6.45) is 4.62. The van der Waals surface area contributed by atoms with Crippen LogP contribution in [0.25, 0.3) is 0 Å². The standard InChI is InChI=1S/C10H12O4/c1-14-10(13)8-6-3-2-5(4-6)7(8)9(11)12/h2-3,5-8H,4H2,1H3,(H,11,12)/t5-,6+,7+,8?/m1/s1. The maximum Gasteiger partial charge on any atom is 0.310 e. The zero-order chi connectivity index (χ0) is 10.3. The van der Waals surface area contributed by atoms with Crippen molar-refractivity contribution in [3.8, 4) is 0 Å². The van der Waals surface area contributed by atoms with Crippen LogP contribution in [0, 0.1) is 23.7 Å². The molecule has 1 N–H and O–H groups in total. The van der Waals surface area contributed by atoms with Crippen molar-refractivity contribution in [1.82, 2.24) is 0 Å². The first kappa shape index (κ1) is 9.24. The monoisotopic (exact) mass is 196 g/mol. The van der Waals surface area contributed by atoms with Crippen molar-refractivity contribution < 1.29 is 19.4 Å². The van der Waals surface area contributed by atoms with Gasteiger partial charge in [-0.15, -0.1) is 0 Å². The van der Waals surface area contributed by atoms with Crippen LogP contribution in [0.15, 0.2) is 12.2 Å². The minimum absolute atomic E-state index is 0.0154. The topological polar surface area (TPSA) is 63.6 Å². The summed E-state index contributed by atoms with van der Waals surface area (Å²) >= 11 is 0. The highest BCUT2D eigenvalue weighted by molar-refractivity contribution is 5.83. The Hall–Kier alpha value is -1.32. The Balaban J connectivity index is 2.26. The fourth-order valence-electron chi connectivity index (χ4n) is 2.62. The number of carbonyl (C=O) groups is 2. The Morgan fingerprint density at radius 2 is 1.86 bits per heavy atom. The lowest BCUT2D eigenvalue weighted by Gasteiger charge is -2.21. The molecular formula is C10H12O4. The van der Waals surface area contributed by atoms with E-state index in [-0.39, 0.29) is 11.8 Å². The number of esters is 1. The van der Waals surface area contributed by atoms with E-state index in [2.05, 4.69) is 4.74 Å². The highest BCUT2D eigenvalue weighted by Crippen LogP contribution is 2.48. The van der Waals surface area contributed by atoms with Crippen molar-refractivity contribution in [1.29, 1.82) is 0 Å². The van der Waals surface area contributed by atoms with Crippen LogP contribution in [0.5, 0.6) is 0 Å². The molecular weight excluding hydrogens is 184 g/mol. The van der Waals surface area contributed by atoms with Gasteiger partial charge in [-0.1, -0.05) is 12.2 Å². The van der Waals surface area contributed by atoms with Gasteiger partial charge in [-0.2, -0.15) is 0 Å². The van der Waals surface area contributed by atoms with Crippen LogP contribution in [0.3, 0.4) is 0 Å². The van der Waals surface area contributed by atoms with Crippen molar-refractivity contribution >= 4 is 11.9 Å². The first-order chi connectivity index (χ1) is 6.65. The molecule has 1 fully saturated rings. The number of aliphatic carboxylic acids is 1. The molecule has 0 aromatic heterocycles. The second-order valence-corrected chi connectivity index (χ2v) is 3.86. The lowest BCUT2D eigenvalue weighted by Crippen LogP contribution is -2.33.